The lowest BCUT2D eigenvalue weighted by molar-refractivity contribution is 0.639. The van der Waals surface area contributed by atoms with Crippen LogP contribution in [0, 0.1) is 12.7 Å². The summed E-state index contributed by atoms with van der Waals surface area (Å²) in [7, 11) is 0. The second-order valence-electron chi connectivity index (χ2n) is 3.10. The molecule has 0 saturated heterocycles. The van der Waals surface area contributed by atoms with Crippen molar-refractivity contribution in [3.05, 3.63) is 34.5 Å². The van der Waals surface area contributed by atoms with E-state index in [1.54, 1.807) is 17.4 Å². The smallest absolute Gasteiger partial charge is 0.132 e. The van der Waals surface area contributed by atoms with Gasteiger partial charge in [0, 0.05) is 15.0 Å². The van der Waals surface area contributed by atoms with E-state index < -0.39 is 0 Å². The van der Waals surface area contributed by atoms with Crippen molar-refractivity contribution in [2.45, 2.75) is 20.3 Å². The maximum Gasteiger partial charge on any atom is 0.132 e. The highest BCUT2D eigenvalue weighted by Crippen LogP contribution is 2.32. The Kier molecular flexibility index (Phi) is 2.08. The number of halogens is 1. The average molecular weight is 194 g/mol. The van der Waals surface area contributed by atoms with Crippen molar-refractivity contribution in [1.29, 1.82) is 0 Å². The molecule has 0 aliphatic carbocycles. The molecule has 2 aromatic rings. The van der Waals surface area contributed by atoms with Gasteiger partial charge in [0.05, 0.1) is 0 Å². The first-order valence-corrected chi connectivity index (χ1v) is 5.22. The number of thiophene rings is 1. The summed E-state index contributed by atoms with van der Waals surface area (Å²) in [6.07, 6.45) is 0.909. The third kappa shape index (κ3) is 1.25. The number of aryl methyl sites for hydroxylation is 2. The topological polar surface area (TPSA) is 0 Å². The molecule has 0 bridgehead atoms. The predicted molar refractivity (Wildman–Crippen MR) is 55.9 cm³/mol. The van der Waals surface area contributed by atoms with E-state index in [0.29, 0.717) is 0 Å². The molecule has 0 saturated carbocycles. The summed E-state index contributed by atoms with van der Waals surface area (Å²) in [4.78, 5) is 1.24. The van der Waals surface area contributed by atoms with Gasteiger partial charge in [-0.25, -0.2) is 4.39 Å². The molecule has 0 N–H and O–H groups in total. The van der Waals surface area contributed by atoms with E-state index in [9.17, 15) is 4.39 Å². The fourth-order valence-corrected chi connectivity index (χ4v) is 2.88. The van der Waals surface area contributed by atoms with Gasteiger partial charge in [0.25, 0.3) is 0 Å². The predicted octanol–water partition coefficient (Wildman–Crippen LogP) is 3.91. The van der Waals surface area contributed by atoms with Gasteiger partial charge in [0.1, 0.15) is 5.82 Å². The Morgan fingerprint density at radius 1 is 1.38 bits per heavy atom. The molecular weight excluding hydrogens is 183 g/mol. The zero-order valence-corrected chi connectivity index (χ0v) is 8.54. The molecule has 0 radical (unpaired) electrons. The SMILES string of the molecule is CCc1c(C)sc2cccc(F)c12. The summed E-state index contributed by atoms with van der Waals surface area (Å²) in [5, 5.41) is 0.826. The highest BCUT2D eigenvalue weighted by molar-refractivity contribution is 7.19. The van der Waals surface area contributed by atoms with Crippen molar-refractivity contribution >= 4 is 21.4 Å². The monoisotopic (exact) mass is 194 g/mol. The molecule has 0 aliphatic rings. The van der Waals surface area contributed by atoms with E-state index in [1.807, 2.05) is 6.07 Å². The van der Waals surface area contributed by atoms with Gasteiger partial charge < -0.3 is 0 Å². The molecule has 1 heterocycles. The van der Waals surface area contributed by atoms with Crippen LogP contribution in [0.1, 0.15) is 17.4 Å². The van der Waals surface area contributed by atoms with Crippen molar-refractivity contribution in [3.63, 3.8) is 0 Å². The number of rotatable bonds is 1. The van der Waals surface area contributed by atoms with E-state index in [4.69, 9.17) is 0 Å². The summed E-state index contributed by atoms with van der Waals surface area (Å²) in [6.45, 7) is 4.13. The lowest BCUT2D eigenvalue weighted by Gasteiger charge is -1.96. The Hall–Kier alpha value is -0.890. The van der Waals surface area contributed by atoms with E-state index in [1.165, 1.54) is 10.9 Å². The molecule has 0 nitrogen and oxygen atoms in total. The Morgan fingerprint density at radius 2 is 2.15 bits per heavy atom. The van der Waals surface area contributed by atoms with Crippen molar-refractivity contribution in [3.8, 4) is 0 Å². The van der Waals surface area contributed by atoms with Crippen LogP contribution in [-0.4, -0.2) is 0 Å². The molecule has 0 spiro atoms. The van der Waals surface area contributed by atoms with Crippen LogP contribution < -0.4 is 0 Å². The Morgan fingerprint density at radius 3 is 2.85 bits per heavy atom. The molecule has 68 valence electrons. The van der Waals surface area contributed by atoms with E-state index in [0.717, 1.165) is 22.1 Å². The zero-order chi connectivity index (χ0) is 9.42. The van der Waals surface area contributed by atoms with Crippen LogP contribution in [0.25, 0.3) is 10.1 Å². The first-order valence-electron chi connectivity index (χ1n) is 4.40. The zero-order valence-electron chi connectivity index (χ0n) is 7.73. The van der Waals surface area contributed by atoms with Crippen LogP contribution in [0.15, 0.2) is 18.2 Å². The third-order valence-corrected chi connectivity index (χ3v) is 3.43. The minimum absolute atomic E-state index is 0.0845. The lowest BCUT2D eigenvalue weighted by Crippen LogP contribution is -1.82. The van der Waals surface area contributed by atoms with Crippen molar-refractivity contribution < 1.29 is 4.39 Å². The quantitative estimate of drug-likeness (QED) is 0.645. The fourth-order valence-electron chi connectivity index (χ4n) is 1.71. The second-order valence-corrected chi connectivity index (χ2v) is 4.36. The van der Waals surface area contributed by atoms with Crippen molar-refractivity contribution in [2.75, 3.05) is 0 Å². The minimum atomic E-state index is -0.0845. The maximum absolute atomic E-state index is 13.5. The number of hydrogen-bond acceptors (Lipinski definition) is 1. The van der Waals surface area contributed by atoms with Crippen LogP contribution >= 0.6 is 11.3 Å². The molecule has 0 unspecified atom stereocenters. The van der Waals surface area contributed by atoms with Gasteiger partial charge in [0.15, 0.2) is 0 Å². The maximum atomic E-state index is 13.5. The summed E-state index contributed by atoms with van der Waals surface area (Å²) < 4.78 is 14.5. The van der Waals surface area contributed by atoms with Gasteiger partial charge in [0.2, 0.25) is 0 Å². The summed E-state index contributed by atoms with van der Waals surface area (Å²) in [6, 6.07) is 5.29. The molecular formula is C11H11FS. The van der Waals surface area contributed by atoms with Gasteiger partial charge in [-0.2, -0.15) is 0 Å². The highest BCUT2D eigenvalue weighted by atomic mass is 32.1. The third-order valence-electron chi connectivity index (χ3n) is 2.32. The van der Waals surface area contributed by atoms with Crippen LogP contribution in [0.2, 0.25) is 0 Å². The van der Waals surface area contributed by atoms with E-state index in [2.05, 4.69) is 13.8 Å². The van der Waals surface area contributed by atoms with Crippen LogP contribution in [0.4, 0.5) is 4.39 Å². The number of benzene rings is 1. The number of hydrogen-bond donors (Lipinski definition) is 0. The molecule has 0 fully saturated rings. The Balaban J connectivity index is 2.88. The molecule has 0 atom stereocenters. The molecule has 0 aliphatic heterocycles. The first kappa shape index (κ1) is 8.70. The van der Waals surface area contributed by atoms with Gasteiger partial charge in [-0.05, 0) is 31.0 Å². The largest absolute Gasteiger partial charge is 0.206 e. The van der Waals surface area contributed by atoms with Gasteiger partial charge in [-0.1, -0.05) is 13.0 Å². The lowest BCUT2D eigenvalue weighted by atomic mass is 10.1. The minimum Gasteiger partial charge on any atom is -0.206 e. The summed E-state index contributed by atoms with van der Waals surface area (Å²) >= 11 is 1.68. The van der Waals surface area contributed by atoms with Gasteiger partial charge >= 0.3 is 0 Å². The number of fused-ring (bicyclic) bond motifs is 1. The highest BCUT2D eigenvalue weighted by Gasteiger charge is 2.10. The second kappa shape index (κ2) is 3.11. The molecule has 1 aromatic carbocycles. The van der Waals surface area contributed by atoms with Crippen LogP contribution in [-0.2, 0) is 6.42 Å². The average Bonchev–Trinajstić information content (AvgIpc) is 2.42. The van der Waals surface area contributed by atoms with Crippen molar-refractivity contribution in [1.82, 2.24) is 0 Å². The molecule has 1 aromatic heterocycles. The van der Waals surface area contributed by atoms with Gasteiger partial charge in [-0.15, -0.1) is 11.3 Å². The first-order chi connectivity index (χ1) is 6.24. The summed E-state index contributed by atoms with van der Waals surface area (Å²) in [5.74, 6) is -0.0845. The molecule has 2 rings (SSSR count). The van der Waals surface area contributed by atoms with E-state index >= 15 is 0 Å². The normalized spacial score (nSPS) is 11.0. The summed E-state index contributed by atoms with van der Waals surface area (Å²) in [5.41, 5.74) is 1.16. The molecule has 13 heavy (non-hydrogen) atoms. The Labute approximate surface area is 81.0 Å². The van der Waals surface area contributed by atoms with Crippen LogP contribution in [0.3, 0.4) is 0 Å². The standard InChI is InChI=1S/C11H11FS/c1-3-8-7(2)13-10-6-4-5-9(12)11(8)10/h4-6H,3H2,1-2H3. The van der Waals surface area contributed by atoms with E-state index in [-0.39, 0.29) is 5.82 Å². The van der Waals surface area contributed by atoms with Gasteiger partial charge in [-0.3, -0.25) is 0 Å². The molecule has 0 amide bonds. The molecule has 2 heteroatoms. The van der Waals surface area contributed by atoms with Crippen molar-refractivity contribution in [2.24, 2.45) is 0 Å². The van der Waals surface area contributed by atoms with Crippen LogP contribution in [0.5, 0.6) is 0 Å². The Bertz CT molecular complexity index is 443. The fraction of sp³-hybridized carbons (Fsp3) is 0.273.